The highest BCUT2D eigenvalue weighted by Crippen LogP contribution is 2.28. The fourth-order valence-electron chi connectivity index (χ4n) is 3.22. The maximum Gasteiger partial charge on any atom is 0.311 e. The number of fused-ring (bicyclic) bond motifs is 1. The van der Waals surface area contributed by atoms with Crippen LogP contribution in [0.1, 0.15) is 38.2 Å². The van der Waals surface area contributed by atoms with E-state index in [9.17, 15) is 4.79 Å². The molecule has 1 heterocycles. The fraction of sp³-hybridized carbons (Fsp3) is 0.588. The smallest absolute Gasteiger partial charge is 0.311 e. The number of hydrogen-bond acceptors (Lipinski definition) is 3. The summed E-state index contributed by atoms with van der Waals surface area (Å²) >= 11 is 0. The minimum atomic E-state index is -0.0377. The summed E-state index contributed by atoms with van der Waals surface area (Å²) in [5.74, 6) is 0.726. The lowest BCUT2D eigenvalue weighted by Gasteiger charge is -2.29. The topological polar surface area (TPSA) is 38.3 Å². The van der Waals surface area contributed by atoms with Crippen LogP contribution in [0.5, 0.6) is 0 Å². The van der Waals surface area contributed by atoms with Crippen molar-refractivity contribution < 1.29 is 9.53 Å². The normalized spacial score (nSPS) is 29.1. The predicted molar refractivity (Wildman–Crippen MR) is 79.6 cm³/mol. The zero-order chi connectivity index (χ0) is 13.9. The minimum Gasteiger partial charge on any atom is -0.462 e. The van der Waals surface area contributed by atoms with Crippen molar-refractivity contribution in [1.82, 2.24) is 0 Å². The molecule has 1 aromatic rings. The molecule has 3 heteroatoms. The van der Waals surface area contributed by atoms with Gasteiger partial charge in [0.15, 0.2) is 0 Å². The van der Waals surface area contributed by atoms with Crippen molar-refractivity contribution >= 4 is 11.7 Å². The molecule has 1 aliphatic carbocycles. The van der Waals surface area contributed by atoms with E-state index < -0.39 is 0 Å². The molecular formula is C17H23NO2. The Morgan fingerprint density at radius 2 is 1.95 bits per heavy atom. The Morgan fingerprint density at radius 3 is 2.75 bits per heavy atom. The van der Waals surface area contributed by atoms with Gasteiger partial charge < -0.3 is 10.1 Å². The van der Waals surface area contributed by atoms with E-state index in [1.165, 1.54) is 18.4 Å². The van der Waals surface area contributed by atoms with Crippen LogP contribution in [0.15, 0.2) is 24.3 Å². The standard InChI is InChI=1S/C17H23NO2/c1-12-6-8-15(9-7-12)20-17(19)14-10-13-4-2-3-5-16(13)18-11-14/h2-5,12,14-15,18H,6-11H2,1H3. The third-order valence-electron chi connectivity index (χ3n) is 4.60. The van der Waals surface area contributed by atoms with E-state index in [2.05, 4.69) is 24.4 Å². The van der Waals surface area contributed by atoms with Gasteiger partial charge in [-0.25, -0.2) is 0 Å². The number of para-hydroxylation sites is 1. The molecule has 0 radical (unpaired) electrons. The van der Waals surface area contributed by atoms with Crippen molar-refractivity contribution in [3.8, 4) is 0 Å². The molecule has 1 unspecified atom stereocenters. The molecule has 2 aliphatic rings. The third-order valence-corrected chi connectivity index (χ3v) is 4.60. The summed E-state index contributed by atoms with van der Waals surface area (Å²) in [5, 5.41) is 3.34. The molecule has 20 heavy (non-hydrogen) atoms. The second kappa shape index (κ2) is 5.86. The number of ether oxygens (including phenoxy) is 1. The third kappa shape index (κ3) is 2.97. The van der Waals surface area contributed by atoms with Crippen molar-refractivity contribution in [2.24, 2.45) is 11.8 Å². The molecule has 1 atom stereocenters. The van der Waals surface area contributed by atoms with Crippen LogP contribution in [0.3, 0.4) is 0 Å². The largest absolute Gasteiger partial charge is 0.462 e. The maximum absolute atomic E-state index is 12.3. The van der Waals surface area contributed by atoms with E-state index in [0.29, 0.717) is 6.54 Å². The monoisotopic (exact) mass is 273 g/mol. The molecule has 0 aromatic heterocycles. The molecule has 0 bridgehead atoms. The molecule has 3 nitrogen and oxygen atoms in total. The van der Waals surface area contributed by atoms with E-state index in [4.69, 9.17) is 4.74 Å². The van der Waals surface area contributed by atoms with Crippen LogP contribution in [-0.2, 0) is 16.0 Å². The number of nitrogens with one attached hydrogen (secondary N) is 1. The van der Waals surface area contributed by atoms with Crippen molar-refractivity contribution in [3.05, 3.63) is 29.8 Å². The van der Waals surface area contributed by atoms with E-state index in [0.717, 1.165) is 30.9 Å². The van der Waals surface area contributed by atoms with Gasteiger partial charge in [-0.1, -0.05) is 25.1 Å². The number of anilines is 1. The zero-order valence-corrected chi connectivity index (χ0v) is 12.1. The Kier molecular flexibility index (Phi) is 3.95. The molecule has 108 valence electrons. The van der Waals surface area contributed by atoms with Gasteiger partial charge in [0.1, 0.15) is 6.10 Å². The number of carbonyl (C=O) groups excluding carboxylic acids is 1. The number of esters is 1. The molecule has 1 aliphatic heterocycles. The van der Waals surface area contributed by atoms with Crippen LogP contribution < -0.4 is 5.32 Å². The molecular weight excluding hydrogens is 250 g/mol. The minimum absolute atomic E-state index is 0.0217. The summed E-state index contributed by atoms with van der Waals surface area (Å²) in [6.07, 6.45) is 5.38. The zero-order valence-electron chi connectivity index (χ0n) is 12.1. The van der Waals surface area contributed by atoms with Gasteiger partial charge in [0, 0.05) is 12.2 Å². The Balaban J connectivity index is 1.56. The number of hydrogen-bond donors (Lipinski definition) is 1. The maximum atomic E-state index is 12.3. The van der Waals surface area contributed by atoms with Gasteiger partial charge in [-0.05, 0) is 49.7 Å². The lowest BCUT2D eigenvalue weighted by atomic mass is 9.88. The predicted octanol–water partition coefficient (Wildman–Crippen LogP) is 3.39. The highest BCUT2D eigenvalue weighted by Gasteiger charge is 2.29. The van der Waals surface area contributed by atoms with Crippen LogP contribution >= 0.6 is 0 Å². The van der Waals surface area contributed by atoms with Crippen molar-refractivity contribution in [2.75, 3.05) is 11.9 Å². The highest BCUT2D eigenvalue weighted by atomic mass is 16.5. The Morgan fingerprint density at radius 1 is 1.20 bits per heavy atom. The Labute approximate surface area is 120 Å². The lowest BCUT2D eigenvalue weighted by molar-refractivity contribution is -0.155. The fourth-order valence-corrected chi connectivity index (χ4v) is 3.22. The number of rotatable bonds is 2. The summed E-state index contributed by atoms with van der Waals surface area (Å²) in [6.45, 7) is 2.97. The van der Waals surface area contributed by atoms with Gasteiger partial charge in [0.25, 0.3) is 0 Å². The second-order valence-electron chi connectivity index (χ2n) is 6.26. The number of carbonyl (C=O) groups is 1. The van der Waals surface area contributed by atoms with E-state index in [-0.39, 0.29) is 18.0 Å². The van der Waals surface area contributed by atoms with Crippen LogP contribution in [0.2, 0.25) is 0 Å². The van der Waals surface area contributed by atoms with Crippen LogP contribution in [-0.4, -0.2) is 18.6 Å². The summed E-state index contributed by atoms with van der Waals surface area (Å²) < 4.78 is 5.72. The van der Waals surface area contributed by atoms with Gasteiger partial charge in [-0.15, -0.1) is 0 Å². The summed E-state index contributed by atoms with van der Waals surface area (Å²) in [7, 11) is 0. The number of benzene rings is 1. The van der Waals surface area contributed by atoms with Gasteiger partial charge in [-0.2, -0.15) is 0 Å². The van der Waals surface area contributed by atoms with Crippen molar-refractivity contribution in [3.63, 3.8) is 0 Å². The lowest BCUT2D eigenvalue weighted by Crippen LogP contribution is -2.34. The molecule has 1 N–H and O–H groups in total. The van der Waals surface area contributed by atoms with Crippen molar-refractivity contribution in [1.29, 1.82) is 0 Å². The summed E-state index contributed by atoms with van der Waals surface area (Å²) in [4.78, 5) is 12.3. The van der Waals surface area contributed by atoms with Gasteiger partial charge in [0.05, 0.1) is 5.92 Å². The van der Waals surface area contributed by atoms with E-state index in [1.54, 1.807) is 0 Å². The van der Waals surface area contributed by atoms with Crippen LogP contribution in [0.4, 0.5) is 5.69 Å². The van der Waals surface area contributed by atoms with E-state index in [1.807, 2.05) is 12.1 Å². The highest BCUT2D eigenvalue weighted by molar-refractivity contribution is 5.75. The molecule has 0 amide bonds. The Hall–Kier alpha value is -1.51. The van der Waals surface area contributed by atoms with E-state index >= 15 is 0 Å². The molecule has 1 aromatic carbocycles. The van der Waals surface area contributed by atoms with Gasteiger partial charge in [-0.3, -0.25) is 4.79 Å². The average molecular weight is 273 g/mol. The first-order chi connectivity index (χ1) is 9.72. The molecule has 1 fully saturated rings. The first-order valence-corrected chi connectivity index (χ1v) is 7.74. The van der Waals surface area contributed by atoms with Crippen LogP contribution in [0, 0.1) is 11.8 Å². The SMILES string of the molecule is CC1CCC(OC(=O)C2CNc3ccccc3C2)CC1. The van der Waals surface area contributed by atoms with Crippen LogP contribution in [0.25, 0.3) is 0 Å². The van der Waals surface area contributed by atoms with Gasteiger partial charge >= 0.3 is 5.97 Å². The molecule has 0 saturated heterocycles. The molecule has 1 saturated carbocycles. The first-order valence-electron chi connectivity index (χ1n) is 7.74. The quantitative estimate of drug-likeness (QED) is 0.839. The molecule has 3 rings (SSSR count). The summed E-state index contributed by atoms with van der Waals surface area (Å²) in [6, 6.07) is 8.20. The second-order valence-corrected chi connectivity index (χ2v) is 6.26. The molecule has 0 spiro atoms. The first kappa shape index (κ1) is 13.5. The Bertz CT molecular complexity index is 478. The average Bonchev–Trinajstić information content (AvgIpc) is 2.49. The van der Waals surface area contributed by atoms with Gasteiger partial charge in [0.2, 0.25) is 0 Å². The van der Waals surface area contributed by atoms with Crippen molar-refractivity contribution in [2.45, 2.75) is 45.1 Å². The summed E-state index contributed by atoms with van der Waals surface area (Å²) in [5.41, 5.74) is 2.38.